The average Bonchev–Trinajstić information content (AvgIpc) is 2.78. The Morgan fingerprint density at radius 3 is 2.52 bits per heavy atom. The Hall–Kier alpha value is -2.65. The lowest BCUT2D eigenvalue weighted by molar-refractivity contribution is -0.126. The number of carbonyl (C=O) groups excluding carboxylic acids is 1. The van der Waals surface area contributed by atoms with Gasteiger partial charge in [0.05, 0.1) is 31.1 Å². The molecular formula is C22H27FN2O5S. The Bertz CT molecular complexity index is 1030. The molecule has 7 nitrogen and oxygen atoms in total. The van der Waals surface area contributed by atoms with Crippen LogP contribution in [0.25, 0.3) is 0 Å². The van der Waals surface area contributed by atoms with Gasteiger partial charge in [-0.15, -0.1) is 0 Å². The third-order valence-electron chi connectivity index (χ3n) is 5.47. The van der Waals surface area contributed by atoms with E-state index in [9.17, 15) is 17.6 Å². The topological polar surface area (TPSA) is 84.9 Å². The van der Waals surface area contributed by atoms with Crippen molar-refractivity contribution >= 4 is 15.9 Å². The average molecular weight is 451 g/mol. The van der Waals surface area contributed by atoms with E-state index in [0.717, 1.165) is 17.7 Å². The van der Waals surface area contributed by atoms with E-state index < -0.39 is 21.8 Å². The highest BCUT2D eigenvalue weighted by molar-refractivity contribution is 7.89. The highest BCUT2D eigenvalue weighted by Crippen LogP contribution is 2.30. The van der Waals surface area contributed by atoms with Crippen molar-refractivity contribution < 1.29 is 27.1 Å². The smallest absolute Gasteiger partial charge is 0.243 e. The molecule has 0 saturated carbocycles. The highest BCUT2D eigenvalue weighted by Gasteiger charge is 2.34. The largest absolute Gasteiger partial charge is 0.497 e. The number of nitrogens with one attached hydrogen (secondary N) is 1. The van der Waals surface area contributed by atoms with Crippen molar-refractivity contribution in [3.8, 4) is 11.5 Å². The molecule has 1 amide bonds. The van der Waals surface area contributed by atoms with Crippen molar-refractivity contribution in [2.24, 2.45) is 5.92 Å². The molecule has 0 spiro atoms. The van der Waals surface area contributed by atoms with Crippen molar-refractivity contribution in [1.29, 1.82) is 0 Å². The Kier molecular flexibility index (Phi) is 7.17. The first-order valence-corrected chi connectivity index (χ1v) is 11.5. The minimum atomic E-state index is -3.80. The third kappa shape index (κ3) is 5.16. The van der Waals surface area contributed by atoms with Gasteiger partial charge in [0.2, 0.25) is 15.9 Å². The van der Waals surface area contributed by atoms with E-state index in [1.807, 2.05) is 6.92 Å². The SMILES string of the molecule is COc1ccc(OC)c(C(C)NC(=O)C2CCCN(S(=O)(=O)c3ccc(F)cc3)C2)c1. The van der Waals surface area contributed by atoms with Crippen molar-refractivity contribution in [3.63, 3.8) is 0 Å². The first kappa shape index (κ1) is 23.0. The number of amides is 1. The molecule has 2 aromatic rings. The predicted octanol–water partition coefficient (Wildman–Crippen LogP) is 3.12. The molecule has 31 heavy (non-hydrogen) atoms. The maximum absolute atomic E-state index is 13.2. The van der Waals surface area contributed by atoms with Crippen LogP contribution in [-0.4, -0.2) is 45.9 Å². The highest BCUT2D eigenvalue weighted by atomic mass is 32.2. The number of carbonyl (C=O) groups is 1. The number of methoxy groups -OCH3 is 2. The summed E-state index contributed by atoms with van der Waals surface area (Å²) < 4.78 is 50.9. The quantitative estimate of drug-likeness (QED) is 0.701. The van der Waals surface area contributed by atoms with E-state index >= 15 is 0 Å². The summed E-state index contributed by atoms with van der Waals surface area (Å²) in [6, 6.07) is 9.70. The molecule has 3 rings (SSSR count). The molecule has 1 heterocycles. The Morgan fingerprint density at radius 2 is 1.87 bits per heavy atom. The second-order valence-electron chi connectivity index (χ2n) is 7.49. The van der Waals surface area contributed by atoms with Crippen molar-refractivity contribution in [3.05, 3.63) is 53.8 Å². The minimum Gasteiger partial charge on any atom is -0.497 e. The van der Waals surface area contributed by atoms with Crippen LogP contribution in [0, 0.1) is 11.7 Å². The van der Waals surface area contributed by atoms with Crippen molar-refractivity contribution in [2.75, 3.05) is 27.3 Å². The summed E-state index contributed by atoms with van der Waals surface area (Å²) in [4.78, 5) is 13.0. The molecule has 1 aliphatic rings. The van der Waals surface area contributed by atoms with Crippen LogP contribution in [0.3, 0.4) is 0 Å². The van der Waals surface area contributed by atoms with Gasteiger partial charge in [0.15, 0.2) is 0 Å². The van der Waals surface area contributed by atoms with E-state index in [1.165, 1.54) is 16.4 Å². The molecule has 2 unspecified atom stereocenters. The number of halogens is 1. The van der Waals surface area contributed by atoms with Gasteiger partial charge in [0, 0.05) is 18.7 Å². The first-order chi connectivity index (χ1) is 14.8. The number of hydrogen-bond acceptors (Lipinski definition) is 5. The molecule has 1 aliphatic heterocycles. The molecule has 1 saturated heterocycles. The Balaban J connectivity index is 1.72. The molecule has 0 radical (unpaired) electrons. The van der Waals surface area contributed by atoms with Gasteiger partial charge in [-0.25, -0.2) is 12.8 Å². The van der Waals surface area contributed by atoms with E-state index in [-0.39, 0.29) is 23.4 Å². The normalized spacial score (nSPS) is 18.3. The summed E-state index contributed by atoms with van der Waals surface area (Å²) in [5.41, 5.74) is 0.766. The van der Waals surface area contributed by atoms with Gasteiger partial charge >= 0.3 is 0 Å². The van der Waals surface area contributed by atoms with E-state index in [4.69, 9.17) is 9.47 Å². The molecular weight excluding hydrogens is 423 g/mol. The zero-order chi connectivity index (χ0) is 22.6. The summed E-state index contributed by atoms with van der Waals surface area (Å²) in [7, 11) is -0.678. The van der Waals surface area contributed by atoms with Gasteiger partial charge in [-0.1, -0.05) is 0 Å². The summed E-state index contributed by atoms with van der Waals surface area (Å²) in [5, 5.41) is 2.97. The second kappa shape index (κ2) is 9.65. The van der Waals surface area contributed by atoms with E-state index in [2.05, 4.69) is 5.32 Å². The molecule has 168 valence electrons. The summed E-state index contributed by atoms with van der Waals surface area (Å²) in [6.07, 6.45) is 1.15. The summed E-state index contributed by atoms with van der Waals surface area (Å²) >= 11 is 0. The van der Waals surface area contributed by atoms with Crippen molar-refractivity contribution in [1.82, 2.24) is 9.62 Å². The maximum Gasteiger partial charge on any atom is 0.243 e. The second-order valence-corrected chi connectivity index (χ2v) is 9.43. The Morgan fingerprint density at radius 1 is 1.16 bits per heavy atom. The zero-order valence-corrected chi connectivity index (χ0v) is 18.6. The van der Waals surface area contributed by atoms with Crippen LogP contribution in [0.5, 0.6) is 11.5 Å². The Labute approximate surface area is 182 Å². The molecule has 0 bridgehead atoms. The summed E-state index contributed by atoms with van der Waals surface area (Å²) in [5.74, 6) is 0.0556. The lowest BCUT2D eigenvalue weighted by atomic mass is 9.97. The van der Waals surface area contributed by atoms with Crippen molar-refractivity contribution in [2.45, 2.75) is 30.7 Å². The van der Waals surface area contributed by atoms with Gasteiger partial charge in [-0.3, -0.25) is 4.79 Å². The van der Waals surface area contributed by atoms with Gasteiger partial charge in [0.25, 0.3) is 0 Å². The van der Waals surface area contributed by atoms with Crippen LogP contribution in [0.15, 0.2) is 47.4 Å². The molecule has 9 heteroatoms. The number of nitrogens with zero attached hydrogens (tertiary/aromatic N) is 1. The van der Waals surface area contributed by atoms with Gasteiger partial charge in [0.1, 0.15) is 17.3 Å². The number of ether oxygens (including phenoxy) is 2. The number of hydrogen-bond donors (Lipinski definition) is 1. The number of rotatable bonds is 7. The molecule has 0 aromatic heterocycles. The van der Waals surface area contributed by atoms with E-state index in [0.29, 0.717) is 30.9 Å². The lowest BCUT2D eigenvalue weighted by Crippen LogP contribution is -2.45. The number of benzene rings is 2. The molecule has 2 aromatic carbocycles. The number of sulfonamides is 1. The van der Waals surface area contributed by atoms with Gasteiger partial charge in [-0.05, 0) is 62.2 Å². The van der Waals surface area contributed by atoms with Crippen LogP contribution in [0.1, 0.15) is 31.4 Å². The fourth-order valence-corrected chi connectivity index (χ4v) is 5.24. The monoisotopic (exact) mass is 450 g/mol. The van der Waals surface area contributed by atoms with Gasteiger partial charge < -0.3 is 14.8 Å². The van der Waals surface area contributed by atoms with Gasteiger partial charge in [-0.2, -0.15) is 4.31 Å². The standard InChI is InChI=1S/C22H27FN2O5S/c1-15(20-13-18(29-2)8-11-21(20)30-3)24-22(26)16-5-4-12-25(14-16)31(27,28)19-9-6-17(23)7-10-19/h6-11,13,15-16H,4-5,12,14H2,1-3H3,(H,24,26). The molecule has 2 atom stereocenters. The summed E-state index contributed by atoms with van der Waals surface area (Å²) in [6.45, 7) is 2.24. The fourth-order valence-electron chi connectivity index (χ4n) is 3.72. The first-order valence-electron chi connectivity index (χ1n) is 10.0. The van der Waals surface area contributed by atoms with Crippen LogP contribution < -0.4 is 14.8 Å². The minimum absolute atomic E-state index is 0.0180. The van der Waals surface area contributed by atoms with Crippen LogP contribution in [0.2, 0.25) is 0 Å². The molecule has 1 fully saturated rings. The molecule has 0 aliphatic carbocycles. The van der Waals surface area contributed by atoms with Crippen LogP contribution in [-0.2, 0) is 14.8 Å². The fraction of sp³-hybridized carbons (Fsp3) is 0.409. The maximum atomic E-state index is 13.2. The third-order valence-corrected chi connectivity index (χ3v) is 7.35. The van der Waals surface area contributed by atoms with Crippen LogP contribution >= 0.6 is 0 Å². The van der Waals surface area contributed by atoms with Crippen LogP contribution in [0.4, 0.5) is 4.39 Å². The molecule has 1 N–H and O–H groups in total. The zero-order valence-electron chi connectivity index (χ0n) is 17.8. The predicted molar refractivity (Wildman–Crippen MR) is 114 cm³/mol. The lowest BCUT2D eigenvalue weighted by Gasteiger charge is -2.32. The van der Waals surface area contributed by atoms with E-state index in [1.54, 1.807) is 32.4 Å². The number of piperidine rings is 1.